The molecule has 2 heterocycles. The van der Waals surface area contributed by atoms with Crippen molar-refractivity contribution in [2.45, 2.75) is 10.6 Å². The number of fused-ring (bicyclic) bond motifs is 1. The summed E-state index contributed by atoms with van der Waals surface area (Å²) in [7, 11) is -0.0320. The summed E-state index contributed by atoms with van der Waals surface area (Å²) in [5, 5.41) is 6.35. The zero-order chi connectivity index (χ0) is 17.5. The average molecular weight is 348 g/mol. The summed E-state index contributed by atoms with van der Waals surface area (Å²) in [6.07, 6.45) is 5.01. The molecule has 24 heavy (non-hydrogen) atoms. The van der Waals surface area contributed by atoms with Gasteiger partial charge in [0.05, 0.1) is 18.6 Å². The quantitative estimate of drug-likeness (QED) is 0.720. The number of benzene rings is 1. The lowest BCUT2D eigenvalue weighted by Crippen LogP contribution is -2.55. The van der Waals surface area contributed by atoms with Crippen molar-refractivity contribution in [1.82, 2.24) is 10.6 Å². The number of hydrogen-bond acceptors (Lipinski definition) is 7. The highest BCUT2D eigenvalue weighted by Crippen LogP contribution is 2.34. The highest BCUT2D eigenvalue weighted by molar-refractivity contribution is 7.90. The van der Waals surface area contributed by atoms with Gasteiger partial charge in [0.25, 0.3) is 0 Å². The van der Waals surface area contributed by atoms with Crippen LogP contribution in [-0.2, 0) is 15.5 Å². The van der Waals surface area contributed by atoms with Crippen LogP contribution >= 0.6 is 0 Å². The lowest BCUT2D eigenvalue weighted by Gasteiger charge is -2.35. The van der Waals surface area contributed by atoms with Crippen LogP contribution in [0.25, 0.3) is 0 Å². The molecule has 0 bridgehead atoms. The lowest BCUT2D eigenvalue weighted by molar-refractivity contribution is 0.388. The summed E-state index contributed by atoms with van der Waals surface area (Å²) in [4.78, 5) is 4.58. The largest absolute Gasteiger partial charge is 0.496 e. The zero-order valence-corrected chi connectivity index (χ0v) is 14.6. The van der Waals surface area contributed by atoms with E-state index in [1.54, 1.807) is 6.07 Å². The van der Waals surface area contributed by atoms with Crippen molar-refractivity contribution in [3.05, 3.63) is 47.2 Å². The van der Waals surface area contributed by atoms with E-state index < -0.39 is 15.5 Å². The van der Waals surface area contributed by atoms with Crippen molar-refractivity contribution in [2.24, 2.45) is 10.7 Å². The van der Waals surface area contributed by atoms with E-state index in [4.69, 9.17) is 10.5 Å². The summed E-state index contributed by atoms with van der Waals surface area (Å²) in [5.74, 6) is 1.10. The Bertz CT molecular complexity index is 887. The standard InChI is InChI=1S/C16H20N4O3S/c1-18-13-9-16(17,20-15-11(13)6-7-19-15)12-5-4-10(24(3,21)22)8-14(12)23-2/h4-6,8-9,18H,7,17H2,1-3H3,(H,19,20). The Balaban J connectivity index is 2.14. The van der Waals surface area contributed by atoms with E-state index in [-0.39, 0.29) is 4.90 Å². The molecule has 8 heteroatoms. The fourth-order valence-electron chi connectivity index (χ4n) is 2.89. The first kappa shape index (κ1) is 16.5. The number of rotatable bonds is 4. The van der Waals surface area contributed by atoms with Crippen molar-refractivity contribution >= 4 is 15.7 Å². The van der Waals surface area contributed by atoms with Gasteiger partial charge in [-0.3, -0.25) is 4.99 Å². The van der Waals surface area contributed by atoms with Crippen molar-refractivity contribution in [3.63, 3.8) is 0 Å². The van der Waals surface area contributed by atoms with Gasteiger partial charge in [-0.1, -0.05) is 6.08 Å². The van der Waals surface area contributed by atoms with Gasteiger partial charge in [-0.2, -0.15) is 0 Å². The molecule has 2 aliphatic heterocycles. The molecule has 1 atom stereocenters. The topological polar surface area (TPSA) is 106 Å². The van der Waals surface area contributed by atoms with E-state index in [2.05, 4.69) is 15.6 Å². The highest BCUT2D eigenvalue weighted by atomic mass is 32.2. The maximum atomic E-state index is 11.8. The molecular weight excluding hydrogens is 328 g/mol. The Labute approximate surface area is 141 Å². The van der Waals surface area contributed by atoms with Gasteiger partial charge < -0.3 is 21.1 Å². The van der Waals surface area contributed by atoms with Gasteiger partial charge in [0.15, 0.2) is 9.84 Å². The van der Waals surface area contributed by atoms with E-state index in [9.17, 15) is 8.42 Å². The predicted octanol–water partition coefficient (Wildman–Crippen LogP) is 0.255. The monoisotopic (exact) mass is 348 g/mol. The van der Waals surface area contributed by atoms with Gasteiger partial charge in [0.2, 0.25) is 0 Å². The SMILES string of the molecule is CNC1=CC(N)(c2ccc(S(C)(=O)=O)cc2OC)NC2=NCC=C12. The second-order valence-electron chi connectivity index (χ2n) is 5.74. The number of hydrogen-bond donors (Lipinski definition) is 3. The molecule has 0 saturated heterocycles. The molecule has 3 rings (SSSR count). The molecule has 4 N–H and O–H groups in total. The summed E-state index contributed by atoms with van der Waals surface area (Å²) in [5.41, 5.74) is 7.97. The van der Waals surface area contributed by atoms with Crippen molar-refractivity contribution < 1.29 is 13.2 Å². The number of aliphatic imine (C=N–C) groups is 1. The van der Waals surface area contributed by atoms with Crippen LogP contribution < -0.4 is 21.1 Å². The minimum Gasteiger partial charge on any atom is -0.496 e. The molecular formula is C16H20N4O3S. The Hall–Kier alpha value is -2.32. The smallest absolute Gasteiger partial charge is 0.175 e. The molecule has 0 aliphatic carbocycles. The summed E-state index contributed by atoms with van der Waals surface area (Å²) in [6, 6.07) is 4.67. The fourth-order valence-corrected chi connectivity index (χ4v) is 3.52. The summed E-state index contributed by atoms with van der Waals surface area (Å²) < 4.78 is 28.9. The number of amidine groups is 1. The Kier molecular flexibility index (Phi) is 3.89. The van der Waals surface area contributed by atoms with Crippen LogP contribution in [0.2, 0.25) is 0 Å². The fraction of sp³-hybridized carbons (Fsp3) is 0.312. The molecule has 2 aliphatic rings. The molecule has 0 fully saturated rings. The van der Waals surface area contributed by atoms with Gasteiger partial charge in [0.1, 0.15) is 17.2 Å². The van der Waals surface area contributed by atoms with Crippen LogP contribution in [0.15, 0.2) is 51.5 Å². The average Bonchev–Trinajstić information content (AvgIpc) is 3.00. The third-order valence-electron chi connectivity index (χ3n) is 4.10. The first-order valence-electron chi connectivity index (χ1n) is 7.40. The molecule has 0 amide bonds. The first-order valence-corrected chi connectivity index (χ1v) is 9.29. The third-order valence-corrected chi connectivity index (χ3v) is 5.21. The van der Waals surface area contributed by atoms with E-state index in [0.29, 0.717) is 23.7 Å². The third kappa shape index (κ3) is 2.67. The van der Waals surface area contributed by atoms with E-state index >= 15 is 0 Å². The normalized spacial score (nSPS) is 22.8. The van der Waals surface area contributed by atoms with Gasteiger partial charge in [0, 0.05) is 30.1 Å². The number of likely N-dealkylation sites (N-methyl/N-ethyl adjacent to an activating group) is 1. The van der Waals surface area contributed by atoms with Gasteiger partial charge in [-0.25, -0.2) is 8.42 Å². The van der Waals surface area contributed by atoms with E-state index in [1.807, 2.05) is 19.2 Å². The van der Waals surface area contributed by atoms with E-state index in [1.165, 1.54) is 19.2 Å². The van der Waals surface area contributed by atoms with Gasteiger partial charge in [-0.05, 0) is 24.3 Å². The number of methoxy groups -OCH3 is 1. The van der Waals surface area contributed by atoms with Crippen LogP contribution in [0, 0.1) is 0 Å². The molecule has 1 unspecified atom stereocenters. The molecule has 1 aromatic rings. The van der Waals surface area contributed by atoms with Crippen molar-refractivity contribution in [3.8, 4) is 5.75 Å². The van der Waals surface area contributed by atoms with Crippen LogP contribution in [-0.4, -0.2) is 41.2 Å². The second-order valence-corrected chi connectivity index (χ2v) is 7.76. The molecule has 128 valence electrons. The summed E-state index contributed by atoms with van der Waals surface area (Å²) in [6.45, 7) is 0.594. The first-order chi connectivity index (χ1) is 11.3. The minimum atomic E-state index is -3.33. The molecule has 0 aromatic heterocycles. The Morgan fingerprint density at radius 2 is 2.17 bits per heavy atom. The Morgan fingerprint density at radius 3 is 2.79 bits per heavy atom. The lowest BCUT2D eigenvalue weighted by atomic mass is 9.92. The maximum Gasteiger partial charge on any atom is 0.175 e. The number of sulfone groups is 1. The van der Waals surface area contributed by atoms with Crippen LogP contribution in [0.3, 0.4) is 0 Å². The Morgan fingerprint density at radius 1 is 1.42 bits per heavy atom. The molecule has 0 spiro atoms. The molecule has 0 radical (unpaired) electrons. The summed E-state index contributed by atoms with van der Waals surface area (Å²) >= 11 is 0. The van der Waals surface area contributed by atoms with Gasteiger partial charge in [-0.15, -0.1) is 0 Å². The predicted molar refractivity (Wildman–Crippen MR) is 92.6 cm³/mol. The molecule has 1 aromatic carbocycles. The number of nitrogens with one attached hydrogen (secondary N) is 2. The number of nitrogens with zero attached hydrogens (tertiary/aromatic N) is 1. The van der Waals surface area contributed by atoms with Crippen LogP contribution in [0.5, 0.6) is 5.75 Å². The molecule has 0 saturated carbocycles. The van der Waals surface area contributed by atoms with Crippen molar-refractivity contribution in [2.75, 3.05) is 27.0 Å². The molecule has 7 nitrogen and oxygen atoms in total. The van der Waals surface area contributed by atoms with E-state index in [0.717, 1.165) is 17.5 Å². The number of nitrogens with two attached hydrogens (primary N) is 1. The van der Waals surface area contributed by atoms with Crippen LogP contribution in [0.1, 0.15) is 5.56 Å². The van der Waals surface area contributed by atoms with Crippen LogP contribution in [0.4, 0.5) is 0 Å². The van der Waals surface area contributed by atoms with Gasteiger partial charge >= 0.3 is 0 Å². The zero-order valence-electron chi connectivity index (χ0n) is 13.8. The number of ether oxygens (including phenoxy) is 1. The minimum absolute atomic E-state index is 0.180. The second kappa shape index (κ2) is 5.64. The van der Waals surface area contributed by atoms with Crippen molar-refractivity contribution in [1.29, 1.82) is 0 Å². The highest BCUT2D eigenvalue weighted by Gasteiger charge is 2.36. The maximum absolute atomic E-state index is 11.8.